The Morgan fingerprint density at radius 1 is 1.43 bits per heavy atom. The third-order valence-electron chi connectivity index (χ3n) is 4.33. The van der Waals surface area contributed by atoms with E-state index >= 15 is 0 Å². The minimum Gasteiger partial charge on any atom is -0.321 e. The van der Waals surface area contributed by atoms with Crippen molar-refractivity contribution in [1.82, 2.24) is 10.2 Å². The quantitative estimate of drug-likeness (QED) is 0.901. The Balaban J connectivity index is 1.79. The van der Waals surface area contributed by atoms with E-state index in [2.05, 4.69) is 30.4 Å². The van der Waals surface area contributed by atoms with Crippen LogP contribution >= 0.6 is 0 Å². The number of carbonyl (C=O) groups is 1. The molecule has 1 N–H and O–H groups in total. The predicted octanol–water partition coefficient (Wildman–Crippen LogP) is 1.73. The molecular formula is C16H22N2O2S. The number of amides is 1. The molecule has 4 nitrogen and oxygen atoms in total. The normalized spacial score (nSPS) is 24.6. The number of benzene rings is 1. The van der Waals surface area contributed by atoms with Gasteiger partial charge in [0.2, 0.25) is 5.91 Å². The number of nitrogens with one attached hydrogen (secondary N) is 1. The molecule has 0 bridgehead atoms. The van der Waals surface area contributed by atoms with Crippen molar-refractivity contribution < 1.29 is 9.00 Å². The van der Waals surface area contributed by atoms with Crippen molar-refractivity contribution in [2.24, 2.45) is 0 Å². The van der Waals surface area contributed by atoms with Crippen LogP contribution in [0.25, 0.3) is 0 Å². The minimum atomic E-state index is -0.798. The SMILES string of the molecule is Cc1cccc(C2NC3(CC3)C(=O)N2CCCS(C)=O)c1. The molecule has 1 amide bonds. The van der Waals surface area contributed by atoms with Crippen LogP contribution in [0.2, 0.25) is 0 Å². The molecule has 1 spiro atoms. The van der Waals surface area contributed by atoms with Crippen molar-refractivity contribution >= 4 is 16.7 Å². The van der Waals surface area contributed by atoms with Crippen LogP contribution in [0, 0.1) is 6.92 Å². The van der Waals surface area contributed by atoms with Gasteiger partial charge in [-0.2, -0.15) is 0 Å². The van der Waals surface area contributed by atoms with Gasteiger partial charge in [0.25, 0.3) is 0 Å². The van der Waals surface area contributed by atoms with Crippen molar-refractivity contribution in [3.63, 3.8) is 0 Å². The van der Waals surface area contributed by atoms with Crippen LogP contribution in [0.1, 0.15) is 36.6 Å². The molecule has 1 aromatic rings. The second kappa shape index (κ2) is 5.54. The fraction of sp³-hybridized carbons (Fsp3) is 0.562. The van der Waals surface area contributed by atoms with Gasteiger partial charge in [0.15, 0.2) is 0 Å². The van der Waals surface area contributed by atoms with Crippen LogP contribution in [-0.2, 0) is 15.6 Å². The monoisotopic (exact) mass is 306 g/mol. The van der Waals surface area contributed by atoms with Gasteiger partial charge in [0.1, 0.15) is 11.7 Å². The highest BCUT2D eigenvalue weighted by Crippen LogP contribution is 2.45. The first-order chi connectivity index (χ1) is 10.0. The van der Waals surface area contributed by atoms with Gasteiger partial charge in [-0.15, -0.1) is 0 Å². The van der Waals surface area contributed by atoms with E-state index in [-0.39, 0.29) is 17.6 Å². The van der Waals surface area contributed by atoms with Gasteiger partial charge in [0.05, 0.1) is 0 Å². The Labute approximate surface area is 128 Å². The Hall–Kier alpha value is -1.20. The molecule has 5 heteroatoms. The van der Waals surface area contributed by atoms with Crippen LogP contribution in [0.3, 0.4) is 0 Å². The third-order valence-corrected chi connectivity index (χ3v) is 5.20. The molecule has 2 aliphatic rings. The maximum Gasteiger partial charge on any atom is 0.244 e. The number of carbonyl (C=O) groups excluding carboxylic acids is 1. The zero-order chi connectivity index (χ0) is 15.0. The van der Waals surface area contributed by atoms with Crippen molar-refractivity contribution in [2.45, 2.75) is 37.9 Å². The molecule has 2 atom stereocenters. The van der Waals surface area contributed by atoms with Crippen LogP contribution in [0.4, 0.5) is 0 Å². The Bertz CT molecular complexity index is 583. The second-order valence-corrected chi connectivity index (χ2v) is 7.73. The van der Waals surface area contributed by atoms with E-state index in [0.29, 0.717) is 12.3 Å². The summed E-state index contributed by atoms with van der Waals surface area (Å²) in [4.78, 5) is 14.6. The summed E-state index contributed by atoms with van der Waals surface area (Å²) in [6, 6.07) is 8.31. The maximum absolute atomic E-state index is 12.6. The van der Waals surface area contributed by atoms with Gasteiger partial charge in [0, 0.05) is 29.4 Å². The predicted molar refractivity (Wildman–Crippen MR) is 84.3 cm³/mol. The first kappa shape index (κ1) is 14.7. The van der Waals surface area contributed by atoms with E-state index in [4.69, 9.17) is 0 Å². The first-order valence-corrected chi connectivity index (χ1v) is 9.20. The van der Waals surface area contributed by atoms with E-state index in [1.165, 1.54) is 5.56 Å². The largest absolute Gasteiger partial charge is 0.321 e. The van der Waals surface area contributed by atoms with Crippen molar-refractivity contribution in [3.8, 4) is 0 Å². The van der Waals surface area contributed by atoms with Crippen LogP contribution in [-0.4, -0.2) is 39.1 Å². The van der Waals surface area contributed by atoms with E-state index in [0.717, 1.165) is 24.8 Å². The lowest BCUT2D eigenvalue weighted by molar-refractivity contribution is -0.130. The van der Waals surface area contributed by atoms with Crippen molar-refractivity contribution in [2.75, 3.05) is 18.6 Å². The number of aryl methyl sites for hydroxylation is 1. The highest BCUT2D eigenvalue weighted by atomic mass is 32.2. The molecule has 0 radical (unpaired) electrons. The fourth-order valence-electron chi connectivity index (χ4n) is 3.05. The topological polar surface area (TPSA) is 49.4 Å². The van der Waals surface area contributed by atoms with E-state index < -0.39 is 10.8 Å². The molecule has 1 aliphatic carbocycles. The van der Waals surface area contributed by atoms with Gasteiger partial charge in [-0.1, -0.05) is 29.8 Å². The van der Waals surface area contributed by atoms with E-state index in [1.54, 1.807) is 6.26 Å². The highest BCUT2D eigenvalue weighted by molar-refractivity contribution is 7.84. The lowest BCUT2D eigenvalue weighted by Gasteiger charge is -2.24. The molecular weight excluding hydrogens is 284 g/mol. The first-order valence-electron chi connectivity index (χ1n) is 7.47. The smallest absolute Gasteiger partial charge is 0.244 e. The summed E-state index contributed by atoms with van der Waals surface area (Å²) in [7, 11) is -0.798. The Morgan fingerprint density at radius 2 is 2.19 bits per heavy atom. The summed E-state index contributed by atoms with van der Waals surface area (Å²) >= 11 is 0. The lowest BCUT2D eigenvalue weighted by atomic mass is 10.1. The Kier molecular flexibility index (Phi) is 3.88. The molecule has 2 fully saturated rings. The average Bonchev–Trinajstić information content (AvgIpc) is 3.16. The molecule has 0 aromatic heterocycles. The standard InChI is InChI=1S/C16H22N2O2S/c1-12-5-3-6-13(11-12)14-17-16(7-8-16)15(19)18(14)9-4-10-21(2)20/h3,5-6,11,14,17H,4,7-10H2,1-2H3. The summed E-state index contributed by atoms with van der Waals surface area (Å²) in [6.07, 6.45) is 4.33. The van der Waals surface area contributed by atoms with E-state index in [1.807, 2.05) is 11.0 Å². The van der Waals surface area contributed by atoms with Gasteiger partial charge in [-0.05, 0) is 31.7 Å². The molecule has 114 valence electrons. The molecule has 2 unspecified atom stereocenters. The average molecular weight is 306 g/mol. The number of hydrogen-bond donors (Lipinski definition) is 1. The molecule has 3 rings (SSSR count). The molecule has 1 saturated carbocycles. The maximum atomic E-state index is 12.6. The Morgan fingerprint density at radius 3 is 2.81 bits per heavy atom. The van der Waals surface area contributed by atoms with Crippen LogP contribution < -0.4 is 5.32 Å². The van der Waals surface area contributed by atoms with Gasteiger partial charge in [-0.3, -0.25) is 14.3 Å². The summed E-state index contributed by atoms with van der Waals surface area (Å²) in [5.74, 6) is 0.869. The number of rotatable bonds is 5. The highest BCUT2D eigenvalue weighted by Gasteiger charge is 2.59. The molecule has 1 aliphatic heterocycles. The summed E-state index contributed by atoms with van der Waals surface area (Å²) in [6.45, 7) is 2.74. The van der Waals surface area contributed by atoms with Gasteiger partial charge < -0.3 is 4.90 Å². The van der Waals surface area contributed by atoms with E-state index in [9.17, 15) is 9.00 Å². The van der Waals surface area contributed by atoms with Crippen molar-refractivity contribution in [1.29, 1.82) is 0 Å². The van der Waals surface area contributed by atoms with Gasteiger partial charge in [-0.25, -0.2) is 0 Å². The van der Waals surface area contributed by atoms with Crippen LogP contribution in [0.5, 0.6) is 0 Å². The summed E-state index contributed by atoms with van der Waals surface area (Å²) in [5.41, 5.74) is 2.04. The molecule has 21 heavy (non-hydrogen) atoms. The third kappa shape index (κ3) is 2.90. The molecule has 1 saturated heterocycles. The summed E-state index contributed by atoms with van der Waals surface area (Å²) < 4.78 is 11.2. The zero-order valence-electron chi connectivity index (χ0n) is 12.6. The van der Waals surface area contributed by atoms with Crippen LogP contribution in [0.15, 0.2) is 24.3 Å². The lowest BCUT2D eigenvalue weighted by Crippen LogP contribution is -2.33. The molecule has 1 heterocycles. The number of nitrogens with zero attached hydrogens (tertiary/aromatic N) is 1. The molecule has 1 aromatic carbocycles. The summed E-state index contributed by atoms with van der Waals surface area (Å²) in [5, 5.41) is 3.52. The minimum absolute atomic E-state index is 0.0369. The fourth-order valence-corrected chi connectivity index (χ4v) is 3.58. The van der Waals surface area contributed by atoms with Crippen molar-refractivity contribution in [3.05, 3.63) is 35.4 Å². The van der Waals surface area contributed by atoms with Gasteiger partial charge >= 0.3 is 0 Å². The number of hydrogen-bond acceptors (Lipinski definition) is 3. The second-order valence-electron chi connectivity index (χ2n) is 6.17. The zero-order valence-corrected chi connectivity index (χ0v) is 13.4.